The molecule has 0 unspecified atom stereocenters. The topological polar surface area (TPSA) is 90.0 Å². The van der Waals surface area contributed by atoms with Crippen molar-refractivity contribution in [2.45, 2.75) is 5.75 Å². The number of aromatic nitrogens is 2. The lowest BCUT2D eigenvalue weighted by Crippen LogP contribution is -2.54. The van der Waals surface area contributed by atoms with E-state index in [-0.39, 0.29) is 11.7 Å². The summed E-state index contributed by atoms with van der Waals surface area (Å²) < 4.78 is 26.9. The van der Waals surface area contributed by atoms with Gasteiger partial charge in [-0.15, -0.1) is 0 Å². The molecule has 0 bridgehead atoms. The normalized spacial score (nSPS) is 18.8. The van der Waals surface area contributed by atoms with E-state index in [2.05, 4.69) is 19.8 Å². The van der Waals surface area contributed by atoms with E-state index < -0.39 is 10.0 Å². The van der Waals surface area contributed by atoms with Gasteiger partial charge in [0.2, 0.25) is 21.9 Å². The molecule has 4 rings (SSSR count). The van der Waals surface area contributed by atoms with Gasteiger partial charge in [0.25, 0.3) is 0 Å². The summed E-state index contributed by atoms with van der Waals surface area (Å²) in [4.78, 5) is 27.3. The molecule has 10 heteroatoms. The van der Waals surface area contributed by atoms with Gasteiger partial charge in [-0.1, -0.05) is 30.3 Å². The van der Waals surface area contributed by atoms with Crippen LogP contribution in [0.25, 0.3) is 0 Å². The Balaban J connectivity index is 1.23. The van der Waals surface area contributed by atoms with Gasteiger partial charge in [0.1, 0.15) is 0 Å². The zero-order valence-corrected chi connectivity index (χ0v) is 18.3. The van der Waals surface area contributed by atoms with Crippen molar-refractivity contribution in [3.05, 3.63) is 54.4 Å². The summed E-state index contributed by atoms with van der Waals surface area (Å²) in [6, 6.07) is 11.0. The second kappa shape index (κ2) is 9.71. The van der Waals surface area contributed by atoms with Gasteiger partial charge in [-0.3, -0.25) is 9.69 Å². The Bertz CT molecular complexity index is 957. The highest BCUT2D eigenvalue weighted by Gasteiger charge is 2.30. The number of benzene rings is 1. The van der Waals surface area contributed by atoms with Crippen LogP contribution in [0.1, 0.15) is 5.56 Å². The first-order valence-corrected chi connectivity index (χ1v) is 12.2. The third-order valence-electron chi connectivity index (χ3n) is 5.74. The van der Waals surface area contributed by atoms with Crippen molar-refractivity contribution in [1.29, 1.82) is 0 Å². The lowest BCUT2D eigenvalue weighted by Gasteiger charge is -2.37. The third-order valence-corrected chi connectivity index (χ3v) is 7.59. The van der Waals surface area contributed by atoms with Gasteiger partial charge in [-0.05, 0) is 11.6 Å². The number of carbonyl (C=O) groups excluding carboxylic acids is 1. The van der Waals surface area contributed by atoms with Gasteiger partial charge < -0.3 is 9.80 Å². The van der Waals surface area contributed by atoms with Crippen LogP contribution in [0.5, 0.6) is 0 Å². The second-order valence-electron chi connectivity index (χ2n) is 7.83. The highest BCUT2D eigenvalue weighted by Crippen LogP contribution is 2.15. The largest absolute Gasteiger partial charge is 0.339 e. The Morgan fingerprint density at radius 1 is 0.839 bits per heavy atom. The molecule has 2 aromatic rings. The summed E-state index contributed by atoms with van der Waals surface area (Å²) in [5.41, 5.74) is 0.779. The van der Waals surface area contributed by atoms with Crippen LogP contribution in [0.3, 0.4) is 0 Å². The first-order chi connectivity index (χ1) is 15.0. The van der Waals surface area contributed by atoms with Gasteiger partial charge in [0.05, 0.1) is 12.3 Å². The lowest BCUT2D eigenvalue weighted by molar-refractivity contribution is -0.133. The highest BCUT2D eigenvalue weighted by molar-refractivity contribution is 7.88. The van der Waals surface area contributed by atoms with Gasteiger partial charge in [-0.2, -0.15) is 4.31 Å². The highest BCUT2D eigenvalue weighted by atomic mass is 32.2. The zero-order valence-electron chi connectivity index (χ0n) is 17.5. The first kappa shape index (κ1) is 21.7. The minimum absolute atomic E-state index is 0.00278. The molecule has 0 radical (unpaired) electrons. The van der Waals surface area contributed by atoms with Crippen LogP contribution in [-0.2, 0) is 20.6 Å². The van der Waals surface area contributed by atoms with Crippen LogP contribution in [0, 0.1) is 0 Å². The molecular weight excluding hydrogens is 416 g/mol. The molecule has 2 saturated heterocycles. The number of hydrogen-bond donors (Lipinski definition) is 0. The van der Waals surface area contributed by atoms with E-state index in [9.17, 15) is 13.2 Å². The van der Waals surface area contributed by atoms with Crippen molar-refractivity contribution in [3.8, 4) is 0 Å². The number of nitrogens with zero attached hydrogens (tertiary/aromatic N) is 6. The summed E-state index contributed by atoms with van der Waals surface area (Å²) in [6.07, 6.45) is 3.47. The molecule has 0 atom stereocenters. The Labute approximate surface area is 183 Å². The molecule has 2 fully saturated rings. The van der Waals surface area contributed by atoms with Gasteiger partial charge in [-0.25, -0.2) is 18.4 Å². The molecule has 0 aliphatic carbocycles. The molecule has 0 spiro atoms. The molecule has 2 aliphatic heterocycles. The zero-order chi connectivity index (χ0) is 21.7. The molecule has 2 aliphatic rings. The number of hydrogen-bond acceptors (Lipinski definition) is 7. The second-order valence-corrected chi connectivity index (χ2v) is 9.80. The summed E-state index contributed by atoms with van der Waals surface area (Å²) in [5.74, 6) is 0.780. The maximum Gasteiger partial charge on any atom is 0.236 e. The number of piperazine rings is 2. The standard InChI is InChI=1S/C21H28N6O3S/c28-20(17-24-9-11-26(12-10-24)21-22-7-4-8-23-21)25-13-15-27(16-14-25)31(29,30)18-19-5-2-1-3-6-19/h1-8H,9-18H2. The summed E-state index contributed by atoms with van der Waals surface area (Å²) in [6.45, 7) is 5.03. The maximum absolute atomic E-state index is 12.7. The van der Waals surface area contributed by atoms with E-state index in [0.29, 0.717) is 32.7 Å². The van der Waals surface area contributed by atoms with Crippen LogP contribution in [0.4, 0.5) is 5.95 Å². The van der Waals surface area contributed by atoms with Gasteiger partial charge in [0, 0.05) is 64.8 Å². The molecular formula is C21H28N6O3S. The molecule has 1 amide bonds. The molecule has 1 aromatic carbocycles. The molecule has 3 heterocycles. The monoisotopic (exact) mass is 444 g/mol. The Morgan fingerprint density at radius 3 is 2.13 bits per heavy atom. The molecule has 1 aromatic heterocycles. The van der Waals surface area contributed by atoms with Crippen molar-refractivity contribution in [1.82, 2.24) is 24.1 Å². The van der Waals surface area contributed by atoms with Crippen molar-refractivity contribution in [3.63, 3.8) is 0 Å². The van der Waals surface area contributed by atoms with Crippen LogP contribution in [-0.4, -0.2) is 97.3 Å². The maximum atomic E-state index is 12.7. The number of amides is 1. The molecule has 0 saturated carbocycles. The van der Waals surface area contributed by atoms with E-state index in [1.807, 2.05) is 30.3 Å². The molecule has 0 N–H and O–H groups in total. The molecule has 166 valence electrons. The van der Waals surface area contributed by atoms with Gasteiger partial charge >= 0.3 is 0 Å². The van der Waals surface area contributed by atoms with Crippen LogP contribution in [0.2, 0.25) is 0 Å². The van der Waals surface area contributed by atoms with E-state index in [4.69, 9.17) is 0 Å². The number of sulfonamides is 1. The van der Waals surface area contributed by atoms with Crippen molar-refractivity contribution < 1.29 is 13.2 Å². The fourth-order valence-electron chi connectivity index (χ4n) is 3.94. The molecule has 31 heavy (non-hydrogen) atoms. The Kier molecular flexibility index (Phi) is 6.79. The van der Waals surface area contributed by atoms with E-state index in [0.717, 1.165) is 37.7 Å². The SMILES string of the molecule is O=C(CN1CCN(c2ncccn2)CC1)N1CCN(S(=O)(=O)Cc2ccccc2)CC1. The van der Waals surface area contributed by atoms with Gasteiger partial charge in [0.15, 0.2) is 0 Å². The summed E-state index contributed by atoms with van der Waals surface area (Å²) >= 11 is 0. The number of rotatable bonds is 6. The van der Waals surface area contributed by atoms with Crippen LogP contribution >= 0.6 is 0 Å². The Morgan fingerprint density at radius 2 is 1.48 bits per heavy atom. The quantitative estimate of drug-likeness (QED) is 0.632. The minimum Gasteiger partial charge on any atom is -0.339 e. The first-order valence-electron chi connectivity index (χ1n) is 10.6. The predicted molar refractivity (Wildman–Crippen MR) is 118 cm³/mol. The predicted octanol–water partition coefficient (Wildman–Crippen LogP) is 0.273. The van der Waals surface area contributed by atoms with Crippen molar-refractivity contribution in [2.24, 2.45) is 0 Å². The van der Waals surface area contributed by atoms with Crippen LogP contribution in [0.15, 0.2) is 48.8 Å². The van der Waals surface area contributed by atoms with E-state index in [1.54, 1.807) is 23.4 Å². The third kappa shape index (κ3) is 5.57. The van der Waals surface area contributed by atoms with E-state index >= 15 is 0 Å². The minimum atomic E-state index is -3.38. The fourth-order valence-corrected chi connectivity index (χ4v) is 5.46. The van der Waals surface area contributed by atoms with E-state index in [1.165, 1.54) is 4.31 Å². The van der Waals surface area contributed by atoms with Crippen LogP contribution < -0.4 is 4.90 Å². The number of carbonyl (C=O) groups is 1. The summed E-state index contributed by atoms with van der Waals surface area (Å²) in [7, 11) is -3.38. The lowest BCUT2D eigenvalue weighted by atomic mass is 10.2. The number of anilines is 1. The smallest absolute Gasteiger partial charge is 0.236 e. The fraction of sp³-hybridized carbons (Fsp3) is 0.476. The van der Waals surface area contributed by atoms with Crippen molar-refractivity contribution in [2.75, 3.05) is 63.8 Å². The average molecular weight is 445 g/mol. The average Bonchev–Trinajstić information content (AvgIpc) is 2.80. The Hall–Kier alpha value is -2.56. The molecule has 9 nitrogen and oxygen atoms in total. The van der Waals surface area contributed by atoms with Crippen molar-refractivity contribution >= 4 is 21.9 Å². The summed E-state index contributed by atoms with van der Waals surface area (Å²) in [5, 5.41) is 0.